The summed E-state index contributed by atoms with van der Waals surface area (Å²) in [6.07, 6.45) is 2.84. The topological polar surface area (TPSA) is 56.1 Å². The number of methoxy groups -OCH3 is 1. The van der Waals surface area contributed by atoms with Crippen molar-refractivity contribution in [1.82, 2.24) is 9.78 Å². The molecule has 0 aliphatic heterocycles. The van der Waals surface area contributed by atoms with Crippen LogP contribution in [0.25, 0.3) is 0 Å². The van der Waals surface area contributed by atoms with Crippen LogP contribution in [0.5, 0.6) is 0 Å². The molecule has 5 nitrogen and oxygen atoms in total. The van der Waals surface area contributed by atoms with Crippen LogP contribution in [0.4, 0.5) is 10.5 Å². The maximum absolute atomic E-state index is 11.0. The van der Waals surface area contributed by atoms with E-state index in [1.165, 1.54) is 7.11 Å². The molecular formula is C12H13N3O2. The van der Waals surface area contributed by atoms with Gasteiger partial charge in [-0.05, 0) is 5.56 Å². The minimum atomic E-state index is -0.496. The van der Waals surface area contributed by atoms with E-state index in [0.29, 0.717) is 12.2 Å². The van der Waals surface area contributed by atoms with Gasteiger partial charge in [-0.1, -0.05) is 30.3 Å². The van der Waals surface area contributed by atoms with E-state index in [4.69, 9.17) is 0 Å². The Hall–Kier alpha value is -2.30. The molecule has 1 aromatic heterocycles. The van der Waals surface area contributed by atoms with Gasteiger partial charge >= 0.3 is 6.09 Å². The third kappa shape index (κ3) is 3.07. The van der Waals surface area contributed by atoms with E-state index in [1.807, 2.05) is 30.3 Å². The number of hydrogen-bond acceptors (Lipinski definition) is 3. The second-order valence-corrected chi connectivity index (χ2v) is 3.53. The van der Waals surface area contributed by atoms with Gasteiger partial charge in [0, 0.05) is 6.20 Å². The standard InChI is InChI=1S/C12H13N3O2/c1-17-12(16)14-11-7-13-15(9-11)8-10-5-3-2-4-6-10/h2-7,9H,8H2,1H3,(H,14,16). The van der Waals surface area contributed by atoms with Gasteiger partial charge in [-0.2, -0.15) is 5.10 Å². The number of hydrogen-bond donors (Lipinski definition) is 1. The number of anilines is 1. The number of carbonyl (C=O) groups is 1. The van der Waals surface area contributed by atoms with E-state index >= 15 is 0 Å². The molecular weight excluding hydrogens is 218 g/mol. The first-order valence-corrected chi connectivity index (χ1v) is 5.19. The summed E-state index contributed by atoms with van der Waals surface area (Å²) < 4.78 is 6.25. The van der Waals surface area contributed by atoms with E-state index < -0.39 is 6.09 Å². The van der Waals surface area contributed by atoms with Crippen LogP contribution in [0.2, 0.25) is 0 Å². The molecule has 17 heavy (non-hydrogen) atoms. The Morgan fingerprint density at radius 2 is 2.18 bits per heavy atom. The van der Waals surface area contributed by atoms with Crippen LogP contribution in [0.3, 0.4) is 0 Å². The second kappa shape index (κ2) is 5.16. The Morgan fingerprint density at radius 3 is 2.88 bits per heavy atom. The number of rotatable bonds is 3. The van der Waals surface area contributed by atoms with Crippen LogP contribution in [0.15, 0.2) is 42.7 Å². The van der Waals surface area contributed by atoms with Crippen LogP contribution in [-0.2, 0) is 11.3 Å². The molecule has 0 aliphatic rings. The molecule has 1 N–H and O–H groups in total. The summed E-state index contributed by atoms with van der Waals surface area (Å²) in [4.78, 5) is 11.0. The Morgan fingerprint density at radius 1 is 1.41 bits per heavy atom. The average Bonchev–Trinajstić information content (AvgIpc) is 2.77. The highest BCUT2D eigenvalue weighted by Crippen LogP contribution is 2.07. The van der Waals surface area contributed by atoms with Crippen LogP contribution >= 0.6 is 0 Å². The normalized spacial score (nSPS) is 9.94. The van der Waals surface area contributed by atoms with Crippen molar-refractivity contribution in [2.75, 3.05) is 12.4 Å². The Balaban J connectivity index is 2.01. The molecule has 2 rings (SSSR count). The van der Waals surface area contributed by atoms with E-state index in [9.17, 15) is 4.79 Å². The Labute approximate surface area is 99.0 Å². The molecule has 88 valence electrons. The van der Waals surface area contributed by atoms with Crippen molar-refractivity contribution in [3.8, 4) is 0 Å². The maximum atomic E-state index is 11.0. The van der Waals surface area contributed by atoms with Crippen molar-refractivity contribution < 1.29 is 9.53 Å². The lowest BCUT2D eigenvalue weighted by molar-refractivity contribution is 0.187. The lowest BCUT2D eigenvalue weighted by Crippen LogP contribution is -2.10. The molecule has 5 heteroatoms. The molecule has 0 atom stereocenters. The van der Waals surface area contributed by atoms with Gasteiger partial charge in [0.2, 0.25) is 0 Å². The van der Waals surface area contributed by atoms with E-state index in [2.05, 4.69) is 15.2 Å². The lowest BCUT2D eigenvalue weighted by atomic mass is 10.2. The minimum absolute atomic E-state index is 0.496. The highest BCUT2D eigenvalue weighted by Gasteiger charge is 2.03. The number of nitrogens with one attached hydrogen (secondary N) is 1. The van der Waals surface area contributed by atoms with Gasteiger partial charge in [0.15, 0.2) is 0 Å². The summed E-state index contributed by atoms with van der Waals surface area (Å²) in [5.74, 6) is 0. The molecule has 1 aromatic carbocycles. The highest BCUT2D eigenvalue weighted by molar-refractivity contribution is 5.83. The average molecular weight is 231 g/mol. The Bertz CT molecular complexity index is 493. The number of aromatic nitrogens is 2. The third-order valence-corrected chi connectivity index (χ3v) is 2.25. The van der Waals surface area contributed by atoms with Crippen LogP contribution in [0, 0.1) is 0 Å². The number of carbonyl (C=O) groups excluding carboxylic acids is 1. The van der Waals surface area contributed by atoms with Gasteiger partial charge in [0.05, 0.1) is 25.5 Å². The molecule has 2 aromatic rings. The predicted octanol–water partition coefficient (Wildman–Crippen LogP) is 2.11. The maximum Gasteiger partial charge on any atom is 0.411 e. The largest absolute Gasteiger partial charge is 0.453 e. The van der Waals surface area contributed by atoms with Crippen molar-refractivity contribution in [3.63, 3.8) is 0 Å². The van der Waals surface area contributed by atoms with Crippen LogP contribution in [-0.4, -0.2) is 23.0 Å². The van der Waals surface area contributed by atoms with Crippen molar-refractivity contribution >= 4 is 11.8 Å². The number of nitrogens with zero attached hydrogens (tertiary/aromatic N) is 2. The summed E-state index contributed by atoms with van der Waals surface area (Å²) in [6.45, 7) is 0.670. The smallest absolute Gasteiger partial charge is 0.411 e. The van der Waals surface area contributed by atoms with Crippen molar-refractivity contribution in [2.45, 2.75) is 6.54 Å². The first-order valence-electron chi connectivity index (χ1n) is 5.19. The molecule has 1 amide bonds. The monoisotopic (exact) mass is 231 g/mol. The van der Waals surface area contributed by atoms with Gasteiger partial charge in [-0.25, -0.2) is 4.79 Å². The molecule has 0 spiro atoms. The van der Waals surface area contributed by atoms with Gasteiger partial charge in [-0.15, -0.1) is 0 Å². The second-order valence-electron chi connectivity index (χ2n) is 3.53. The highest BCUT2D eigenvalue weighted by atomic mass is 16.5. The quantitative estimate of drug-likeness (QED) is 0.880. The van der Waals surface area contributed by atoms with E-state index in [1.54, 1.807) is 17.1 Å². The number of benzene rings is 1. The Kier molecular flexibility index (Phi) is 3.40. The zero-order valence-electron chi connectivity index (χ0n) is 9.46. The van der Waals surface area contributed by atoms with Crippen molar-refractivity contribution in [3.05, 3.63) is 48.3 Å². The molecule has 0 radical (unpaired) electrons. The summed E-state index contributed by atoms with van der Waals surface area (Å²) >= 11 is 0. The fraction of sp³-hybridized carbons (Fsp3) is 0.167. The van der Waals surface area contributed by atoms with Crippen LogP contribution < -0.4 is 5.32 Å². The van der Waals surface area contributed by atoms with Gasteiger partial charge in [0.1, 0.15) is 0 Å². The third-order valence-electron chi connectivity index (χ3n) is 2.25. The molecule has 0 fully saturated rings. The summed E-state index contributed by atoms with van der Waals surface area (Å²) in [5, 5.41) is 6.70. The first-order chi connectivity index (χ1) is 8.28. The fourth-order valence-electron chi connectivity index (χ4n) is 1.45. The van der Waals surface area contributed by atoms with Crippen LogP contribution in [0.1, 0.15) is 5.56 Å². The SMILES string of the molecule is COC(=O)Nc1cnn(Cc2ccccc2)c1. The number of amides is 1. The van der Waals surface area contributed by atoms with Gasteiger partial charge in [0.25, 0.3) is 0 Å². The van der Waals surface area contributed by atoms with Gasteiger partial charge in [-0.3, -0.25) is 10.00 Å². The van der Waals surface area contributed by atoms with E-state index in [-0.39, 0.29) is 0 Å². The number of ether oxygens (including phenoxy) is 1. The molecule has 0 saturated heterocycles. The van der Waals surface area contributed by atoms with Gasteiger partial charge < -0.3 is 4.74 Å². The molecule has 0 saturated carbocycles. The lowest BCUT2D eigenvalue weighted by Gasteiger charge is -2.01. The summed E-state index contributed by atoms with van der Waals surface area (Å²) in [7, 11) is 1.32. The zero-order valence-corrected chi connectivity index (χ0v) is 9.46. The molecule has 1 heterocycles. The minimum Gasteiger partial charge on any atom is -0.453 e. The van der Waals surface area contributed by atoms with E-state index in [0.717, 1.165) is 5.56 Å². The molecule has 0 bridgehead atoms. The summed E-state index contributed by atoms with van der Waals surface area (Å²) in [5.41, 5.74) is 1.77. The fourth-order valence-corrected chi connectivity index (χ4v) is 1.45. The predicted molar refractivity (Wildman–Crippen MR) is 63.8 cm³/mol. The zero-order chi connectivity index (χ0) is 12.1. The molecule has 0 unspecified atom stereocenters. The first kappa shape index (κ1) is 11.2. The summed E-state index contributed by atoms with van der Waals surface area (Å²) in [6, 6.07) is 9.97. The van der Waals surface area contributed by atoms with Crippen molar-refractivity contribution in [2.24, 2.45) is 0 Å². The molecule has 0 aliphatic carbocycles. The van der Waals surface area contributed by atoms with Crippen molar-refractivity contribution in [1.29, 1.82) is 0 Å².